The summed E-state index contributed by atoms with van der Waals surface area (Å²) in [4.78, 5) is 2.74. The van der Waals surface area contributed by atoms with Crippen molar-refractivity contribution < 1.29 is 0 Å². The van der Waals surface area contributed by atoms with Crippen LogP contribution in [0.5, 0.6) is 0 Å². The number of hydrazone groups is 1. The molecule has 1 aliphatic rings. The lowest BCUT2D eigenvalue weighted by atomic mass is 10.1. The van der Waals surface area contributed by atoms with Crippen molar-refractivity contribution in [3.63, 3.8) is 0 Å². The zero-order valence-electron chi connectivity index (χ0n) is 11.7. The van der Waals surface area contributed by atoms with E-state index in [4.69, 9.17) is 17.3 Å². The zero-order chi connectivity index (χ0) is 13.7. The second kappa shape index (κ2) is 6.66. The lowest BCUT2D eigenvalue weighted by Crippen LogP contribution is -2.33. The highest BCUT2D eigenvalue weighted by atomic mass is 32.1. The Morgan fingerprint density at radius 3 is 2.32 bits per heavy atom. The molecule has 4 heteroatoms. The maximum absolute atomic E-state index is 5.52. The number of rotatable bonds is 3. The Morgan fingerprint density at radius 2 is 1.74 bits per heavy atom. The second-order valence-corrected chi connectivity index (χ2v) is 5.42. The van der Waals surface area contributed by atoms with Crippen molar-refractivity contribution in [2.24, 2.45) is 5.10 Å². The minimum atomic E-state index is 0.789. The third-order valence-electron chi connectivity index (χ3n) is 3.23. The molecule has 0 atom stereocenters. The number of hydrogen-bond acceptors (Lipinski definition) is 3. The van der Waals surface area contributed by atoms with E-state index in [1.54, 1.807) is 0 Å². The van der Waals surface area contributed by atoms with Crippen LogP contribution in [0.3, 0.4) is 0 Å². The van der Waals surface area contributed by atoms with Gasteiger partial charge in [-0.3, -0.25) is 5.01 Å². The Labute approximate surface area is 120 Å². The number of thiocarbonyl (C=S) groups is 1. The van der Waals surface area contributed by atoms with E-state index < -0.39 is 0 Å². The van der Waals surface area contributed by atoms with Gasteiger partial charge in [0.1, 0.15) is 10.7 Å². The second-order valence-electron chi connectivity index (χ2n) is 5.03. The van der Waals surface area contributed by atoms with Crippen molar-refractivity contribution in [2.45, 2.75) is 19.3 Å². The molecule has 0 aliphatic carbocycles. The molecule has 19 heavy (non-hydrogen) atoms. The van der Waals surface area contributed by atoms with Crippen LogP contribution in [-0.2, 0) is 0 Å². The van der Waals surface area contributed by atoms with Gasteiger partial charge in [-0.1, -0.05) is 42.5 Å². The fourth-order valence-electron chi connectivity index (χ4n) is 2.15. The SMILES string of the molecule is CN(C)C(=S)/C(=N/N1CCCCC1)c1ccccc1. The van der Waals surface area contributed by atoms with Crippen molar-refractivity contribution in [3.05, 3.63) is 35.9 Å². The van der Waals surface area contributed by atoms with Gasteiger partial charge in [0, 0.05) is 32.7 Å². The van der Waals surface area contributed by atoms with Gasteiger partial charge in [0.25, 0.3) is 0 Å². The van der Waals surface area contributed by atoms with Crippen LogP contribution in [0, 0.1) is 0 Å². The number of likely N-dealkylation sites (N-methyl/N-ethyl adjacent to an activating group) is 1. The van der Waals surface area contributed by atoms with E-state index in [-0.39, 0.29) is 0 Å². The topological polar surface area (TPSA) is 18.8 Å². The van der Waals surface area contributed by atoms with E-state index in [2.05, 4.69) is 17.1 Å². The van der Waals surface area contributed by atoms with E-state index >= 15 is 0 Å². The normalized spacial score (nSPS) is 16.3. The fourth-order valence-corrected chi connectivity index (χ4v) is 2.31. The highest BCUT2D eigenvalue weighted by Gasteiger charge is 2.15. The molecule has 0 saturated carbocycles. The molecule has 0 unspecified atom stereocenters. The monoisotopic (exact) mass is 275 g/mol. The molecule has 1 fully saturated rings. The average Bonchev–Trinajstić information content (AvgIpc) is 2.46. The van der Waals surface area contributed by atoms with Gasteiger partial charge in [0.05, 0.1) is 0 Å². The standard InChI is InChI=1S/C15H21N3S/c1-17(2)15(19)14(13-9-5-3-6-10-13)16-18-11-7-4-8-12-18/h3,5-6,9-10H,4,7-8,11-12H2,1-2H3/b16-14+. The first-order valence-corrected chi connectivity index (χ1v) is 7.20. The van der Waals surface area contributed by atoms with Crippen molar-refractivity contribution in [1.82, 2.24) is 9.91 Å². The van der Waals surface area contributed by atoms with Crippen LogP contribution in [0.4, 0.5) is 0 Å². The minimum absolute atomic E-state index is 0.789. The van der Waals surface area contributed by atoms with Gasteiger partial charge >= 0.3 is 0 Å². The Bertz CT molecular complexity index is 448. The summed E-state index contributed by atoms with van der Waals surface area (Å²) in [6.45, 7) is 2.07. The fraction of sp³-hybridized carbons (Fsp3) is 0.467. The van der Waals surface area contributed by atoms with Crippen molar-refractivity contribution in [3.8, 4) is 0 Å². The first-order chi connectivity index (χ1) is 9.18. The molecule has 0 spiro atoms. The molecule has 0 amide bonds. The van der Waals surface area contributed by atoms with Crippen LogP contribution in [0.15, 0.2) is 35.4 Å². The predicted molar refractivity (Wildman–Crippen MR) is 84.7 cm³/mol. The van der Waals surface area contributed by atoms with E-state index in [0.717, 1.165) is 29.4 Å². The van der Waals surface area contributed by atoms with Gasteiger partial charge in [-0.15, -0.1) is 0 Å². The van der Waals surface area contributed by atoms with Crippen molar-refractivity contribution in [1.29, 1.82) is 0 Å². The lowest BCUT2D eigenvalue weighted by Gasteiger charge is -2.26. The summed E-state index contributed by atoms with van der Waals surface area (Å²) in [5, 5.41) is 6.95. The number of nitrogens with zero attached hydrogens (tertiary/aromatic N) is 3. The van der Waals surface area contributed by atoms with E-state index in [1.807, 2.05) is 37.2 Å². The summed E-state index contributed by atoms with van der Waals surface area (Å²) in [6, 6.07) is 10.2. The van der Waals surface area contributed by atoms with Crippen molar-refractivity contribution in [2.75, 3.05) is 27.2 Å². The van der Waals surface area contributed by atoms with Crippen LogP contribution >= 0.6 is 12.2 Å². The van der Waals surface area contributed by atoms with Crippen LogP contribution in [-0.4, -0.2) is 47.8 Å². The first kappa shape index (κ1) is 14.0. The zero-order valence-corrected chi connectivity index (χ0v) is 12.5. The van der Waals surface area contributed by atoms with Gasteiger partial charge in [0.15, 0.2) is 0 Å². The van der Waals surface area contributed by atoms with Crippen LogP contribution in [0.1, 0.15) is 24.8 Å². The summed E-state index contributed by atoms with van der Waals surface area (Å²) in [7, 11) is 3.94. The van der Waals surface area contributed by atoms with E-state index in [9.17, 15) is 0 Å². The van der Waals surface area contributed by atoms with Crippen LogP contribution in [0.25, 0.3) is 0 Å². The highest BCUT2D eigenvalue weighted by molar-refractivity contribution is 7.82. The Balaban J connectivity index is 2.28. The summed E-state index contributed by atoms with van der Waals surface area (Å²) in [5.41, 5.74) is 1.99. The van der Waals surface area contributed by atoms with Gasteiger partial charge < -0.3 is 4.90 Å². The van der Waals surface area contributed by atoms with E-state index in [0.29, 0.717) is 0 Å². The molecule has 0 aromatic heterocycles. The summed E-state index contributed by atoms with van der Waals surface area (Å²) in [5.74, 6) is 0. The predicted octanol–water partition coefficient (Wildman–Crippen LogP) is 2.77. The molecule has 102 valence electrons. The van der Waals surface area contributed by atoms with Crippen LogP contribution < -0.4 is 0 Å². The Hall–Kier alpha value is -1.42. The average molecular weight is 275 g/mol. The largest absolute Gasteiger partial charge is 0.367 e. The molecule has 0 radical (unpaired) electrons. The smallest absolute Gasteiger partial charge is 0.129 e. The molecule has 1 aromatic carbocycles. The summed E-state index contributed by atoms with van der Waals surface area (Å²) < 4.78 is 0. The maximum atomic E-state index is 5.52. The van der Waals surface area contributed by atoms with Crippen molar-refractivity contribution >= 4 is 22.9 Å². The molecule has 1 aliphatic heterocycles. The lowest BCUT2D eigenvalue weighted by molar-refractivity contribution is 0.240. The molecule has 0 bridgehead atoms. The minimum Gasteiger partial charge on any atom is -0.367 e. The molecular weight excluding hydrogens is 254 g/mol. The maximum Gasteiger partial charge on any atom is 0.129 e. The molecule has 1 saturated heterocycles. The number of piperidine rings is 1. The molecule has 1 aromatic rings. The highest BCUT2D eigenvalue weighted by Crippen LogP contribution is 2.12. The van der Waals surface area contributed by atoms with Gasteiger partial charge in [-0.05, 0) is 19.3 Å². The van der Waals surface area contributed by atoms with Gasteiger partial charge in [-0.2, -0.15) is 5.10 Å². The molecule has 2 rings (SSSR count). The Kier molecular flexibility index (Phi) is 4.91. The van der Waals surface area contributed by atoms with E-state index in [1.165, 1.54) is 19.3 Å². The molecule has 0 N–H and O–H groups in total. The summed E-state index contributed by atoms with van der Waals surface area (Å²) in [6.07, 6.45) is 3.76. The quantitative estimate of drug-likeness (QED) is 0.624. The number of hydrogen-bond donors (Lipinski definition) is 0. The Morgan fingerprint density at radius 1 is 1.11 bits per heavy atom. The number of benzene rings is 1. The third-order valence-corrected chi connectivity index (χ3v) is 3.79. The summed E-state index contributed by atoms with van der Waals surface area (Å²) >= 11 is 5.52. The molecule has 3 nitrogen and oxygen atoms in total. The van der Waals surface area contributed by atoms with Gasteiger partial charge in [0.2, 0.25) is 0 Å². The van der Waals surface area contributed by atoms with Gasteiger partial charge in [-0.25, -0.2) is 0 Å². The molecular formula is C15H21N3S. The molecule has 1 heterocycles. The first-order valence-electron chi connectivity index (χ1n) is 6.79. The third kappa shape index (κ3) is 3.77. The van der Waals surface area contributed by atoms with Crippen LogP contribution in [0.2, 0.25) is 0 Å².